The third kappa shape index (κ3) is 3.59. The number of benzene rings is 2. The quantitative estimate of drug-likeness (QED) is 0.761. The zero-order valence-corrected chi connectivity index (χ0v) is 14.4. The molecule has 0 aliphatic carbocycles. The van der Waals surface area contributed by atoms with Gasteiger partial charge in [-0.05, 0) is 22.8 Å². The highest BCUT2D eigenvalue weighted by atomic mass is 16.2. The van der Waals surface area contributed by atoms with E-state index < -0.39 is 0 Å². The Morgan fingerprint density at radius 3 is 2.92 bits per heavy atom. The largest absolute Gasteiger partial charge is 0.364 e. The number of urea groups is 1. The molecule has 2 heterocycles. The van der Waals surface area contributed by atoms with Gasteiger partial charge in [0.1, 0.15) is 5.82 Å². The minimum absolute atomic E-state index is 0.0265. The summed E-state index contributed by atoms with van der Waals surface area (Å²) in [5.41, 5.74) is 1.13. The molecule has 6 heteroatoms. The van der Waals surface area contributed by atoms with Gasteiger partial charge in [0.15, 0.2) is 0 Å². The van der Waals surface area contributed by atoms with Crippen LogP contribution in [0.2, 0.25) is 0 Å². The lowest BCUT2D eigenvalue weighted by Gasteiger charge is -2.18. The van der Waals surface area contributed by atoms with Crippen LogP contribution in [0.5, 0.6) is 0 Å². The van der Waals surface area contributed by atoms with Crippen molar-refractivity contribution in [2.75, 3.05) is 18.4 Å². The molecule has 3 aromatic rings. The Bertz CT molecular complexity index is 894. The van der Waals surface area contributed by atoms with E-state index in [4.69, 9.17) is 0 Å². The zero-order valence-electron chi connectivity index (χ0n) is 14.4. The second-order valence-corrected chi connectivity index (χ2v) is 6.46. The summed E-state index contributed by atoms with van der Waals surface area (Å²) in [5.74, 6) is 0.746. The van der Waals surface area contributed by atoms with Crippen molar-refractivity contribution in [1.29, 1.82) is 0 Å². The highest BCUT2D eigenvalue weighted by Crippen LogP contribution is 2.19. The molecule has 26 heavy (non-hydrogen) atoms. The molecule has 2 amide bonds. The predicted octanol–water partition coefficient (Wildman–Crippen LogP) is 3.03. The molecular weight excluding hydrogens is 326 g/mol. The van der Waals surface area contributed by atoms with Gasteiger partial charge in [0, 0.05) is 38.1 Å². The molecular formula is C20H21N5O. The van der Waals surface area contributed by atoms with Crippen LogP contribution < -0.4 is 10.6 Å². The molecule has 1 saturated heterocycles. The van der Waals surface area contributed by atoms with Crippen molar-refractivity contribution < 1.29 is 4.79 Å². The van der Waals surface area contributed by atoms with Gasteiger partial charge in [0.25, 0.3) is 0 Å². The summed E-state index contributed by atoms with van der Waals surface area (Å²) < 4.78 is 0. The van der Waals surface area contributed by atoms with Crippen molar-refractivity contribution in [2.45, 2.75) is 19.0 Å². The van der Waals surface area contributed by atoms with Gasteiger partial charge in [0.05, 0.1) is 6.20 Å². The third-order valence-electron chi connectivity index (χ3n) is 4.70. The van der Waals surface area contributed by atoms with E-state index in [-0.39, 0.29) is 12.1 Å². The van der Waals surface area contributed by atoms with Crippen molar-refractivity contribution in [2.24, 2.45) is 0 Å². The van der Waals surface area contributed by atoms with Crippen LogP contribution in [0.1, 0.15) is 12.0 Å². The maximum Gasteiger partial charge on any atom is 0.317 e. The molecule has 1 aliphatic heterocycles. The molecule has 6 nitrogen and oxygen atoms in total. The minimum Gasteiger partial charge on any atom is -0.364 e. The van der Waals surface area contributed by atoms with Crippen molar-refractivity contribution in [3.8, 4) is 0 Å². The fourth-order valence-electron chi connectivity index (χ4n) is 3.37. The number of anilines is 1. The number of aromatic nitrogens is 2. The molecule has 1 aromatic heterocycles. The number of nitrogens with zero attached hydrogens (tertiary/aromatic N) is 3. The van der Waals surface area contributed by atoms with E-state index in [1.54, 1.807) is 18.6 Å². The van der Waals surface area contributed by atoms with Crippen molar-refractivity contribution in [3.63, 3.8) is 0 Å². The van der Waals surface area contributed by atoms with Crippen LogP contribution in [0.25, 0.3) is 10.8 Å². The maximum absolute atomic E-state index is 12.5. The smallest absolute Gasteiger partial charge is 0.317 e. The molecule has 1 aliphatic rings. The lowest BCUT2D eigenvalue weighted by atomic mass is 10.0. The number of carbonyl (C=O) groups is 1. The highest BCUT2D eigenvalue weighted by molar-refractivity contribution is 5.86. The third-order valence-corrected chi connectivity index (χ3v) is 4.70. The number of hydrogen-bond donors (Lipinski definition) is 2. The molecule has 132 valence electrons. The van der Waals surface area contributed by atoms with Gasteiger partial charge in [-0.25, -0.2) is 9.78 Å². The first-order chi connectivity index (χ1) is 12.8. The predicted molar refractivity (Wildman–Crippen MR) is 102 cm³/mol. The van der Waals surface area contributed by atoms with Gasteiger partial charge in [-0.15, -0.1) is 0 Å². The molecule has 2 aromatic carbocycles. The highest BCUT2D eigenvalue weighted by Gasteiger charge is 2.26. The number of hydrogen-bond acceptors (Lipinski definition) is 4. The lowest BCUT2D eigenvalue weighted by Crippen LogP contribution is -2.39. The Kier molecular flexibility index (Phi) is 4.64. The molecule has 0 bridgehead atoms. The first-order valence-electron chi connectivity index (χ1n) is 8.81. The van der Waals surface area contributed by atoms with Crippen LogP contribution in [-0.2, 0) is 6.54 Å². The van der Waals surface area contributed by atoms with Gasteiger partial charge in [-0.3, -0.25) is 4.98 Å². The second-order valence-electron chi connectivity index (χ2n) is 6.46. The summed E-state index contributed by atoms with van der Waals surface area (Å²) in [7, 11) is 0. The van der Waals surface area contributed by atoms with Crippen molar-refractivity contribution >= 4 is 22.6 Å². The first kappa shape index (κ1) is 16.3. The topological polar surface area (TPSA) is 70.2 Å². The summed E-state index contributed by atoms with van der Waals surface area (Å²) in [4.78, 5) is 22.6. The van der Waals surface area contributed by atoms with Gasteiger partial charge in [-0.1, -0.05) is 42.5 Å². The normalized spacial score (nSPS) is 16.6. The van der Waals surface area contributed by atoms with Gasteiger partial charge in [-0.2, -0.15) is 0 Å². The molecule has 1 atom stereocenters. The Labute approximate surface area is 152 Å². The summed E-state index contributed by atoms with van der Waals surface area (Å²) in [5, 5.41) is 8.75. The maximum atomic E-state index is 12.5. The molecule has 2 N–H and O–H groups in total. The van der Waals surface area contributed by atoms with Crippen LogP contribution in [0.3, 0.4) is 0 Å². The summed E-state index contributed by atoms with van der Waals surface area (Å²) in [6.07, 6.45) is 5.90. The van der Waals surface area contributed by atoms with E-state index in [9.17, 15) is 4.79 Å². The molecule has 4 rings (SSSR count). The van der Waals surface area contributed by atoms with Crippen LogP contribution in [0.15, 0.2) is 61.1 Å². The Hall–Kier alpha value is -3.15. The van der Waals surface area contributed by atoms with Crippen molar-refractivity contribution in [1.82, 2.24) is 20.2 Å². The molecule has 1 unspecified atom stereocenters. The second kappa shape index (κ2) is 7.39. The fraction of sp³-hybridized carbons (Fsp3) is 0.250. The van der Waals surface area contributed by atoms with Crippen LogP contribution >= 0.6 is 0 Å². The number of nitrogens with one attached hydrogen (secondary N) is 2. The zero-order chi connectivity index (χ0) is 17.8. The molecule has 0 radical (unpaired) electrons. The Morgan fingerprint density at radius 1 is 1.15 bits per heavy atom. The van der Waals surface area contributed by atoms with Crippen LogP contribution in [0, 0.1) is 0 Å². The van der Waals surface area contributed by atoms with Crippen LogP contribution in [-0.4, -0.2) is 40.0 Å². The van der Waals surface area contributed by atoms with Crippen LogP contribution in [0.4, 0.5) is 10.6 Å². The number of fused-ring (bicyclic) bond motifs is 1. The van der Waals surface area contributed by atoms with E-state index in [0.717, 1.165) is 24.3 Å². The molecule has 0 spiro atoms. The van der Waals surface area contributed by atoms with E-state index in [1.165, 1.54) is 10.8 Å². The molecule has 1 fully saturated rings. The fourth-order valence-corrected chi connectivity index (χ4v) is 3.37. The van der Waals surface area contributed by atoms with E-state index in [2.05, 4.69) is 44.9 Å². The number of rotatable bonds is 4. The Morgan fingerprint density at radius 2 is 2.04 bits per heavy atom. The summed E-state index contributed by atoms with van der Waals surface area (Å²) >= 11 is 0. The minimum atomic E-state index is -0.0265. The average Bonchev–Trinajstić information content (AvgIpc) is 3.15. The monoisotopic (exact) mass is 347 g/mol. The standard InChI is InChI=1S/C20H21N5O/c26-20(23-12-16-6-3-5-15-4-1-2-7-18(15)16)25-11-8-17(14-25)24-19-13-21-9-10-22-19/h1-7,9-10,13,17H,8,11-12,14H2,(H,22,24)(H,23,26). The molecule has 0 saturated carbocycles. The van der Waals surface area contributed by atoms with Gasteiger partial charge >= 0.3 is 6.03 Å². The van der Waals surface area contributed by atoms with E-state index in [1.807, 2.05) is 23.1 Å². The lowest BCUT2D eigenvalue weighted by molar-refractivity contribution is 0.208. The summed E-state index contributed by atoms with van der Waals surface area (Å²) in [6.45, 7) is 1.93. The number of likely N-dealkylation sites (tertiary alicyclic amines) is 1. The number of amides is 2. The van der Waals surface area contributed by atoms with Gasteiger partial charge < -0.3 is 15.5 Å². The SMILES string of the molecule is O=C(NCc1cccc2ccccc12)N1CCC(Nc2cnccn2)C1. The average molecular weight is 347 g/mol. The van der Waals surface area contributed by atoms with Gasteiger partial charge in [0.2, 0.25) is 0 Å². The summed E-state index contributed by atoms with van der Waals surface area (Å²) in [6, 6.07) is 14.6. The van der Waals surface area contributed by atoms with E-state index in [0.29, 0.717) is 13.1 Å². The van der Waals surface area contributed by atoms with E-state index >= 15 is 0 Å². The Balaban J connectivity index is 1.34. The van der Waals surface area contributed by atoms with Crippen molar-refractivity contribution in [3.05, 3.63) is 66.6 Å². The first-order valence-corrected chi connectivity index (χ1v) is 8.81. The number of carbonyl (C=O) groups excluding carboxylic acids is 1.